The minimum absolute atomic E-state index is 0.108. The van der Waals surface area contributed by atoms with Gasteiger partial charge >= 0.3 is 5.97 Å². The third kappa shape index (κ3) is 3.98. The maximum absolute atomic E-state index is 12.2. The van der Waals surface area contributed by atoms with Crippen molar-refractivity contribution in [2.45, 2.75) is 13.3 Å². The van der Waals surface area contributed by atoms with Crippen molar-refractivity contribution in [2.75, 3.05) is 0 Å². The molecule has 0 saturated heterocycles. The minimum Gasteiger partial charge on any atom is -0.507 e. The zero-order valence-corrected chi connectivity index (χ0v) is 14.4. The second-order valence-corrected chi connectivity index (χ2v) is 5.73. The molecule has 0 aromatic heterocycles. The van der Waals surface area contributed by atoms with E-state index in [1.165, 1.54) is 0 Å². The van der Waals surface area contributed by atoms with E-state index in [2.05, 4.69) is 5.16 Å². The van der Waals surface area contributed by atoms with Crippen LogP contribution in [0, 0.1) is 0 Å². The highest BCUT2D eigenvalue weighted by atomic mass is 16.7. The van der Waals surface area contributed by atoms with Gasteiger partial charge in [0.1, 0.15) is 5.75 Å². The van der Waals surface area contributed by atoms with E-state index in [0.29, 0.717) is 23.3 Å². The van der Waals surface area contributed by atoms with Gasteiger partial charge in [-0.15, -0.1) is 0 Å². The van der Waals surface area contributed by atoms with E-state index in [1.807, 2.05) is 49.4 Å². The lowest BCUT2D eigenvalue weighted by molar-refractivity contribution is 0.0515. The summed E-state index contributed by atoms with van der Waals surface area (Å²) in [5, 5.41) is 13.8. The van der Waals surface area contributed by atoms with Gasteiger partial charge in [0.15, 0.2) is 0 Å². The molecule has 1 N–H and O–H groups in total. The van der Waals surface area contributed by atoms with Crippen LogP contribution in [0.25, 0.3) is 11.1 Å². The van der Waals surface area contributed by atoms with Crippen molar-refractivity contribution < 1.29 is 14.7 Å². The molecule has 0 radical (unpaired) electrons. The Bertz CT molecular complexity index is 916. The van der Waals surface area contributed by atoms with Crippen LogP contribution in [0.2, 0.25) is 0 Å². The summed E-state index contributed by atoms with van der Waals surface area (Å²) in [4.78, 5) is 17.3. The number of carbonyl (C=O) groups is 1. The Hall–Kier alpha value is -3.40. The van der Waals surface area contributed by atoms with E-state index in [0.717, 1.165) is 11.1 Å². The number of aromatic hydroxyl groups is 1. The highest BCUT2D eigenvalue weighted by molar-refractivity contribution is 6.02. The summed E-state index contributed by atoms with van der Waals surface area (Å²) >= 11 is 0. The van der Waals surface area contributed by atoms with Crippen LogP contribution in [0.1, 0.15) is 29.3 Å². The molecule has 0 atom stereocenters. The molecule has 3 aromatic carbocycles. The van der Waals surface area contributed by atoms with Gasteiger partial charge in [0.25, 0.3) is 0 Å². The summed E-state index contributed by atoms with van der Waals surface area (Å²) in [6, 6.07) is 23.9. The fourth-order valence-corrected chi connectivity index (χ4v) is 2.60. The standard InChI is InChI=1S/C22H19NO3/c1-2-20(19-10-6-7-11-21(19)24)23-26-22(25)18-14-12-17(13-15-18)16-8-4-3-5-9-16/h3-15,24H,2H2,1H3/b23-20+. The van der Waals surface area contributed by atoms with Crippen molar-refractivity contribution in [2.24, 2.45) is 5.16 Å². The van der Waals surface area contributed by atoms with Gasteiger partial charge in [-0.1, -0.05) is 66.7 Å². The highest BCUT2D eigenvalue weighted by Gasteiger charge is 2.11. The fourth-order valence-electron chi connectivity index (χ4n) is 2.60. The molecule has 0 heterocycles. The molecule has 4 heteroatoms. The first-order valence-corrected chi connectivity index (χ1v) is 8.41. The van der Waals surface area contributed by atoms with Gasteiger partial charge in [0.05, 0.1) is 11.3 Å². The zero-order chi connectivity index (χ0) is 18.4. The molecule has 0 fully saturated rings. The minimum atomic E-state index is -0.536. The predicted molar refractivity (Wildman–Crippen MR) is 102 cm³/mol. The lowest BCUT2D eigenvalue weighted by Gasteiger charge is -2.06. The second-order valence-electron chi connectivity index (χ2n) is 5.73. The number of para-hydroxylation sites is 1. The Balaban J connectivity index is 1.74. The molecule has 0 bridgehead atoms. The highest BCUT2D eigenvalue weighted by Crippen LogP contribution is 2.20. The fraction of sp³-hybridized carbons (Fsp3) is 0.0909. The molecule has 130 valence electrons. The van der Waals surface area contributed by atoms with Crippen molar-refractivity contribution in [1.82, 2.24) is 0 Å². The summed E-state index contributed by atoms with van der Waals surface area (Å²) in [6.07, 6.45) is 0.526. The Labute approximate surface area is 152 Å². The number of hydrogen-bond donors (Lipinski definition) is 1. The molecular weight excluding hydrogens is 326 g/mol. The smallest absolute Gasteiger partial charge is 0.365 e. The molecule has 3 aromatic rings. The Morgan fingerprint density at radius 2 is 1.50 bits per heavy atom. The van der Waals surface area contributed by atoms with Crippen molar-refractivity contribution in [1.29, 1.82) is 0 Å². The maximum Gasteiger partial charge on any atom is 0.365 e. The molecule has 0 aliphatic heterocycles. The summed E-state index contributed by atoms with van der Waals surface area (Å²) in [7, 11) is 0. The maximum atomic E-state index is 12.2. The monoisotopic (exact) mass is 345 g/mol. The van der Waals surface area contributed by atoms with E-state index >= 15 is 0 Å². The van der Waals surface area contributed by atoms with Gasteiger partial charge < -0.3 is 9.94 Å². The molecule has 0 unspecified atom stereocenters. The van der Waals surface area contributed by atoms with E-state index in [-0.39, 0.29) is 5.75 Å². The van der Waals surface area contributed by atoms with Crippen LogP contribution in [0.15, 0.2) is 84.0 Å². The molecule has 0 aliphatic rings. The first kappa shape index (κ1) is 17.4. The third-order valence-electron chi connectivity index (χ3n) is 4.02. The van der Waals surface area contributed by atoms with E-state index in [4.69, 9.17) is 4.84 Å². The number of benzene rings is 3. The molecule has 0 saturated carbocycles. The van der Waals surface area contributed by atoms with E-state index < -0.39 is 5.97 Å². The van der Waals surface area contributed by atoms with Crippen LogP contribution in [-0.4, -0.2) is 16.8 Å². The van der Waals surface area contributed by atoms with Crippen LogP contribution in [0.5, 0.6) is 5.75 Å². The van der Waals surface area contributed by atoms with Crippen molar-refractivity contribution >= 4 is 11.7 Å². The lowest BCUT2D eigenvalue weighted by atomic mass is 10.0. The Morgan fingerprint density at radius 1 is 0.885 bits per heavy atom. The van der Waals surface area contributed by atoms with Crippen molar-refractivity contribution in [3.05, 3.63) is 90.0 Å². The summed E-state index contributed by atoms with van der Waals surface area (Å²) in [5.41, 5.74) is 3.59. The average Bonchev–Trinajstić information content (AvgIpc) is 2.70. The van der Waals surface area contributed by atoms with Crippen LogP contribution in [-0.2, 0) is 4.84 Å². The SMILES string of the molecule is CC/C(=N\OC(=O)c1ccc(-c2ccccc2)cc1)c1ccccc1O. The molecule has 3 rings (SSSR count). The first-order valence-electron chi connectivity index (χ1n) is 8.41. The van der Waals surface area contributed by atoms with E-state index in [1.54, 1.807) is 36.4 Å². The van der Waals surface area contributed by atoms with Gasteiger partial charge in [-0.3, -0.25) is 0 Å². The quantitative estimate of drug-likeness (QED) is 0.401. The topological polar surface area (TPSA) is 58.9 Å². The molecule has 4 nitrogen and oxygen atoms in total. The van der Waals surface area contributed by atoms with Gasteiger partial charge in [-0.05, 0) is 41.8 Å². The van der Waals surface area contributed by atoms with Crippen LogP contribution >= 0.6 is 0 Å². The number of nitrogens with zero attached hydrogens (tertiary/aromatic N) is 1. The largest absolute Gasteiger partial charge is 0.507 e. The average molecular weight is 345 g/mol. The summed E-state index contributed by atoms with van der Waals surface area (Å²) in [6.45, 7) is 1.88. The Kier molecular flexibility index (Phi) is 5.44. The second kappa shape index (κ2) is 8.12. The number of rotatable bonds is 5. The van der Waals surface area contributed by atoms with Crippen LogP contribution < -0.4 is 0 Å². The van der Waals surface area contributed by atoms with Gasteiger partial charge in [0, 0.05) is 5.56 Å². The molecule has 0 aliphatic carbocycles. The summed E-state index contributed by atoms with van der Waals surface area (Å²) < 4.78 is 0. The number of carbonyl (C=O) groups excluding carboxylic acids is 1. The molecule has 0 amide bonds. The number of phenolic OH excluding ortho intramolecular Hbond substituents is 1. The summed E-state index contributed by atoms with van der Waals surface area (Å²) in [5.74, 6) is -0.428. The van der Waals surface area contributed by atoms with Gasteiger partial charge in [0.2, 0.25) is 0 Å². The van der Waals surface area contributed by atoms with Crippen LogP contribution in [0.4, 0.5) is 0 Å². The van der Waals surface area contributed by atoms with Gasteiger partial charge in [-0.2, -0.15) is 0 Å². The molecular formula is C22H19NO3. The number of oxime groups is 1. The normalized spacial score (nSPS) is 11.2. The van der Waals surface area contributed by atoms with Crippen molar-refractivity contribution in [3.8, 4) is 16.9 Å². The molecule has 0 spiro atoms. The number of hydrogen-bond acceptors (Lipinski definition) is 4. The Morgan fingerprint density at radius 3 is 2.15 bits per heavy atom. The van der Waals surface area contributed by atoms with E-state index in [9.17, 15) is 9.90 Å². The lowest BCUT2D eigenvalue weighted by Crippen LogP contribution is -2.06. The third-order valence-corrected chi connectivity index (χ3v) is 4.02. The van der Waals surface area contributed by atoms with Gasteiger partial charge in [-0.25, -0.2) is 4.79 Å². The first-order chi connectivity index (χ1) is 12.7. The molecule has 26 heavy (non-hydrogen) atoms. The number of phenols is 1. The predicted octanol–water partition coefficient (Wildman–Crippen LogP) is 5.03. The van der Waals surface area contributed by atoms with Crippen LogP contribution in [0.3, 0.4) is 0 Å². The zero-order valence-electron chi connectivity index (χ0n) is 14.4. The van der Waals surface area contributed by atoms with Crippen molar-refractivity contribution in [3.63, 3.8) is 0 Å².